The summed E-state index contributed by atoms with van der Waals surface area (Å²) in [6, 6.07) is 1.82. The smallest absolute Gasteiger partial charge is 0.412 e. The van der Waals surface area contributed by atoms with Crippen LogP contribution in [0.15, 0.2) is 16.7 Å². The van der Waals surface area contributed by atoms with Gasteiger partial charge in [0.15, 0.2) is 0 Å². The van der Waals surface area contributed by atoms with Crippen LogP contribution in [0.1, 0.15) is 33.4 Å². The van der Waals surface area contributed by atoms with Crippen LogP contribution in [0.5, 0.6) is 0 Å². The average Bonchev–Trinajstić information content (AvgIpc) is 2.14. The van der Waals surface area contributed by atoms with Gasteiger partial charge in [-0.05, 0) is 49.2 Å². The molecule has 0 saturated carbocycles. The molecule has 0 aromatic carbocycles. The van der Waals surface area contributed by atoms with Crippen LogP contribution in [-0.2, 0) is 11.2 Å². The van der Waals surface area contributed by atoms with E-state index in [-0.39, 0.29) is 0 Å². The van der Waals surface area contributed by atoms with Gasteiger partial charge in [-0.1, -0.05) is 6.92 Å². The van der Waals surface area contributed by atoms with E-state index < -0.39 is 11.7 Å². The number of nitrogens with zero attached hydrogens (tertiary/aromatic N) is 1. The molecule has 0 saturated heterocycles. The Kier molecular flexibility index (Phi) is 4.51. The van der Waals surface area contributed by atoms with Crippen LogP contribution in [0, 0.1) is 0 Å². The quantitative estimate of drug-likeness (QED) is 0.905. The van der Waals surface area contributed by atoms with E-state index in [1.807, 2.05) is 33.8 Å². The first-order valence-corrected chi connectivity index (χ1v) is 6.25. The van der Waals surface area contributed by atoms with Crippen molar-refractivity contribution in [1.29, 1.82) is 0 Å². The Bertz CT molecular complexity index is 413. The molecule has 17 heavy (non-hydrogen) atoms. The molecular formula is C12H17BrN2O2. The molecule has 0 aliphatic rings. The van der Waals surface area contributed by atoms with E-state index in [2.05, 4.69) is 26.2 Å². The number of ether oxygens (including phenoxy) is 1. The number of aromatic nitrogens is 1. The first-order chi connectivity index (χ1) is 7.81. The summed E-state index contributed by atoms with van der Waals surface area (Å²) in [6.07, 6.45) is 1.99. The fourth-order valence-corrected chi connectivity index (χ4v) is 1.60. The minimum absolute atomic E-state index is 0.466. The van der Waals surface area contributed by atoms with Crippen molar-refractivity contribution in [2.45, 2.75) is 39.7 Å². The number of carbonyl (C=O) groups is 1. The monoisotopic (exact) mass is 300 g/mol. The van der Waals surface area contributed by atoms with Crippen molar-refractivity contribution in [3.63, 3.8) is 0 Å². The highest BCUT2D eigenvalue weighted by Crippen LogP contribution is 2.20. The fraction of sp³-hybridized carbons (Fsp3) is 0.500. The van der Waals surface area contributed by atoms with Crippen molar-refractivity contribution in [1.82, 2.24) is 4.98 Å². The number of aryl methyl sites for hydroxylation is 1. The standard InChI is InChI=1S/C12H17BrN2O2/c1-5-9-10(6-8(13)7-14-9)15-11(16)17-12(2,3)4/h6-7H,5H2,1-4H3,(H,15,16). The van der Waals surface area contributed by atoms with Gasteiger partial charge in [0.05, 0.1) is 11.4 Å². The Labute approximate surface area is 110 Å². The van der Waals surface area contributed by atoms with Gasteiger partial charge in [0.25, 0.3) is 0 Å². The van der Waals surface area contributed by atoms with Crippen LogP contribution in [0.25, 0.3) is 0 Å². The first-order valence-electron chi connectivity index (χ1n) is 5.46. The van der Waals surface area contributed by atoms with Gasteiger partial charge in [-0.3, -0.25) is 10.3 Å². The topological polar surface area (TPSA) is 51.2 Å². The summed E-state index contributed by atoms with van der Waals surface area (Å²) in [5.74, 6) is 0. The number of rotatable bonds is 2. The second-order valence-electron chi connectivity index (χ2n) is 4.63. The number of anilines is 1. The maximum Gasteiger partial charge on any atom is 0.412 e. The van der Waals surface area contributed by atoms with E-state index in [1.165, 1.54) is 0 Å². The number of nitrogens with one attached hydrogen (secondary N) is 1. The molecule has 4 nitrogen and oxygen atoms in total. The molecule has 0 fully saturated rings. The van der Waals surface area contributed by atoms with Crippen molar-refractivity contribution in [2.75, 3.05) is 5.32 Å². The molecule has 0 atom stereocenters. The highest BCUT2D eigenvalue weighted by Gasteiger charge is 2.17. The number of amides is 1. The normalized spacial score (nSPS) is 11.1. The highest BCUT2D eigenvalue weighted by molar-refractivity contribution is 9.10. The van der Waals surface area contributed by atoms with Gasteiger partial charge < -0.3 is 4.74 Å². The predicted octanol–water partition coefficient (Wildman–Crippen LogP) is 3.75. The van der Waals surface area contributed by atoms with E-state index in [9.17, 15) is 4.79 Å². The van der Waals surface area contributed by atoms with Gasteiger partial charge in [0.2, 0.25) is 0 Å². The molecule has 0 aliphatic carbocycles. The van der Waals surface area contributed by atoms with Gasteiger partial charge >= 0.3 is 6.09 Å². The summed E-state index contributed by atoms with van der Waals surface area (Å²) in [5, 5.41) is 2.71. The van der Waals surface area contributed by atoms with Crippen molar-refractivity contribution in [2.24, 2.45) is 0 Å². The molecule has 1 rings (SSSR count). The molecule has 0 spiro atoms. The Hall–Kier alpha value is -1.10. The Morgan fingerprint density at radius 3 is 2.71 bits per heavy atom. The molecule has 1 aromatic heterocycles. The summed E-state index contributed by atoms with van der Waals surface area (Å²) >= 11 is 3.32. The van der Waals surface area contributed by atoms with E-state index in [0.717, 1.165) is 16.6 Å². The molecule has 0 aliphatic heterocycles. The number of carbonyl (C=O) groups excluding carboxylic acids is 1. The summed E-state index contributed by atoms with van der Waals surface area (Å²) in [5.41, 5.74) is 1.01. The molecule has 0 radical (unpaired) electrons. The van der Waals surface area contributed by atoms with E-state index in [1.54, 1.807) is 6.20 Å². The maximum absolute atomic E-state index is 11.6. The Morgan fingerprint density at radius 1 is 1.53 bits per heavy atom. The fourth-order valence-electron chi connectivity index (χ4n) is 1.27. The number of pyridine rings is 1. The molecule has 5 heteroatoms. The molecule has 1 aromatic rings. The second-order valence-corrected chi connectivity index (χ2v) is 5.54. The third-order valence-electron chi connectivity index (χ3n) is 1.91. The number of hydrogen-bond donors (Lipinski definition) is 1. The van der Waals surface area contributed by atoms with Gasteiger partial charge in [0, 0.05) is 10.7 Å². The van der Waals surface area contributed by atoms with Gasteiger partial charge in [-0.25, -0.2) is 4.79 Å². The Balaban J connectivity index is 2.80. The molecule has 94 valence electrons. The lowest BCUT2D eigenvalue weighted by Gasteiger charge is -2.20. The average molecular weight is 301 g/mol. The number of hydrogen-bond acceptors (Lipinski definition) is 3. The SMILES string of the molecule is CCc1ncc(Br)cc1NC(=O)OC(C)(C)C. The van der Waals surface area contributed by atoms with E-state index in [4.69, 9.17) is 4.74 Å². The van der Waals surface area contributed by atoms with Crippen molar-refractivity contribution in [3.8, 4) is 0 Å². The zero-order valence-corrected chi connectivity index (χ0v) is 12.1. The van der Waals surface area contributed by atoms with Gasteiger partial charge in [0.1, 0.15) is 5.60 Å². The van der Waals surface area contributed by atoms with Crippen LogP contribution < -0.4 is 5.32 Å². The van der Waals surface area contributed by atoms with Gasteiger partial charge in [-0.15, -0.1) is 0 Å². The van der Waals surface area contributed by atoms with Crippen LogP contribution in [0.4, 0.5) is 10.5 Å². The predicted molar refractivity (Wildman–Crippen MR) is 71.2 cm³/mol. The lowest BCUT2D eigenvalue weighted by Crippen LogP contribution is -2.27. The van der Waals surface area contributed by atoms with Crippen molar-refractivity contribution in [3.05, 3.63) is 22.4 Å². The molecule has 0 unspecified atom stereocenters. The Morgan fingerprint density at radius 2 is 2.18 bits per heavy atom. The first kappa shape index (κ1) is 14.0. The lowest BCUT2D eigenvalue weighted by molar-refractivity contribution is 0.0635. The molecular weight excluding hydrogens is 284 g/mol. The number of halogens is 1. The second kappa shape index (κ2) is 5.49. The summed E-state index contributed by atoms with van der Waals surface area (Å²) < 4.78 is 6.01. The summed E-state index contributed by atoms with van der Waals surface area (Å²) in [4.78, 5) is 15.9. The van der Waals surface area contributed by atoms with Crippen LogP contribution in [0.2, 0.25) is 0 Å². The molecule has 1 heterocycles. The van der Waals surface area contributed by atoms with Crippen LogP contribution in [-0.4, -0.2) is 16.7 Å². The van der Waals surface area contributed by atoms with Crippen LogP contribution in [0.3, 0.4) is 0 Å². The highest BCUT2D eigenvalue weighted by atomic mass is 79.9. The lowest BCUT2D eigenvalue weighted by atomic mass is 10.2. The summed E-state index contributed by atoms with van der Waals surface area (Å²) in [7, 11) is 0. The van der Waals surface area contributed by atoms with Crippen molar-refractivity contribution >= 4 is 27.7 Å². The third kappa shape index (κ3) is 4.73. The zero-order chi connectivity index (χ0) is 13.1. The molecule has 0 bridgehead atoms. The minimum atomic E-state index is -0.504. The molecule has 1 amide bonds. The maximum atomic E-state index is 11.6. The third-order valence-corrected chi connectivity index (χ3v) is 2.34. The van der Waals surface area contributed by atoms with Crippen molar-refractivity contribution < 1.29 is 9.53 Å². The largest absolute Gasteiger partial charge is 0.444 e. The molecule has 1 N–H and O–H groups in total. The summed E-state index contributed by atoms with van der Waals surface area (Å²) in [6.45, 7) is 7.46. The van der Waals surface area contributed by atoms with E-state index in [0.29, 0.717) is 5.69 Å². The zero-order valence-electron chi connectivity index (χ0n) is 10.5. The van der Waals surface area contributed by atoms with Gasteiger partial charge in [-0.2, -0.15) is 0 Å². The minimum Gasteiger partial charge on any atom is -0.444 e. The van der Waals surface area contributed by atoms with Crippen LogP contribution >= 0.6 is 15.9 Å². The van der Waals surface area contributed by atoms with E-state index >= 15 is 0 Å².